The number of anilines is 1. The van der Waals surface area contributed by atoms with Gasteiger partial charge in [-0.25, -0.2) is 9.97 Å². The Kier molecular flexibility index (Phi) is 4.97. The molecule has 0 fully saturated rings. The fourth-order valence-corrected chi connectivity index (χ4v) is 1.89. The van der Waals surface area contributed by atoms with Gasteiger partial charge in [0, 0.05) is 5.56 Å². The van der Waals surface area contributed by atoms with Crippen molar-refractivity contribution < 1.29 is 14.4 Å². The Morgan fingerprint density at radius 2 is 2.09 bits per heavy atom. The maximum Gasteiger partial charge on any atom is 0.357 e. The van der Waals surface area contributed by atoms with Crippen LogP contribution < -0.4 is 15.2 Å². The average Bonchev–Trinajstić information content (AvgIpc) is 2.54. The van der Waals surface area contributed by atoms with Crippen molar-refractivity contribution in [3.05, 3.63) is 40.2 Å². The number of aromatic nitrogens is 2. The summed E-state index contributed by atoms with van der Waals surface area (Å²) in [5.74, 6) is 0.602. The average molecular weight is 318 g/mol. The summed E-state index contributed by atoms with van der Waals surface area (Å²) in [7, 11) is 3.03. The van der Waals surface area contributed by atoms with Crippen molar-refractivity contribution in [2.45, 2.75) is 6.54 Å². The Balaban J connectivity index is 2.27. The minimum absolute atomic E-state index is 0.126. The molecule has 0 radical (unpaired) electrons. The molecule has 1 aromatic heterocycles. The molecule has 0 spiro atoms. The topological polar surface area (TPSA) is 138 Å². The van der Waals surface area contributed by atoms with Crippen LogP contribution in [-0.4, -0.2) is 29.1 Å². The SMILES string of the molecule is COc1cccc(CN=Nc2ncnc(N)c2[N+](=O)[O-])c1OC. The molecule has 0 aliphatic heterocycles. The predicted octanol–water partition coefficient (Wildman–Crippen LogP) is 2.27. The Morgan fingerprint density at radius 1 is 1.30 bits per heavy atom. The first-order valence-corrected chi connectivity index (χ1v) is 6.40. The Morgan fingerprint density at radius 3 is 2.74 bits per heavy atom. The van der Waals surface area contributed by atoms with Crippen molar-refractivity contribution in [2.75, 3.05) is 20.0 Å². The van der Waals surface area contributed by atoms with Gasteiger partial charge in [0.25, 0.3) is 5.82 Å². The highest BCUT2D eigenvalue weighted by molar-refractivity contribution is 5.64. The van der Waals surface area contributed by atoms with Crippen molar-refractivity contribution in [3.63, 3.8) is 0 Å². The summed E-state index contributed by atoms with van der Waals surface area (Å²) in [6.45, 7) is 0.126. The van der Waals surface area contributed by atoms with Gasteiger partial charge in [-0.05, 0) is 6.07 Å². The van der Waals surface area contributed by atoms with Crippen LogP contribution in [0.3, 0.4) is 0 Å². The Bertz CT molecular complexity index is 749. The van der Waals surface area contributed by atoms with E-state index < -0.39 is 10.6 Å². The lowest BCUT2D eigenvalue weighted by Gasteiger charge is -2.10. The predicted molar refractivity (Wildman–Crippen MR) is 80.9 cm³/mol. The van der Waals surface area contributed by atoms with Crippen LogP contribution in [0.4, 0.5) is 17.3 Å². The zero-order valence-corrected chi connectivity index (χ0v) is 12.5. The number of nitrogens with zero attached hydrogens (tertiary/aromatic N) is 5. The van der Waals surface area contributed by atoms with Crippen LogP contribution in [0.15, 0.2) is 34.8 Å². The number of azo groups is 1. The summed E-state index contributed by atoms with van der Waals surface area (Å²) in [6.07, 6.45) is 1.09. The summed E-state index contributed by atoms with van der Waals surface area (Å²) in [5.41, 5.74) is 5.69. The van der Waals surface area contributed by atoms with E-state index in [2.05, 4.69) is 20.2 Å². The van der Waals surface area contributed by atoms with Gasteiger partial charge in [0.1, 0.15) is 6.33 Å². The molecule has 2 N–H and O–H groups in total. The highest BCUT2D eigenvalue weighted by Crippen LogP contribution is 2.32. The summed E-state index contributed by atoms with van der Waals surface area (Å²) < 4.78 is 10.5. The molecule has 0 atom stereocenters. The molecule has 0 saturated carbocycles. The molecule has 2 rings (SSSR count). The maximum absolute atomic E-state index is 11.0. The zero-order chi connectivity index (χ0) is 16.8. The number of para-hydroxylation sites is 1. The van der Waals surface area contributed by atoms with E-state index in [4.69, 9.17) is 15.2 Å². The fraction of sp³-hybridized carbons (Fsp3) is 0.231. The summed E-state index contributed by atoms with van der Waals surface area (Å²) in [5, 5.41) is 18.7. The van der Waals surface area contributed by atoms with Crippen LogP contribution in [0.1, 0.15) is 5.56 Å². The number of rotatable bonds is 6. The molecule has 0 aliphatic carbocycles. The molecule has 0 saturated heterocycles. The molecule has 120 valence electrons. The minimum Gasteiger partial charge on any atom is -0.493 e. The Labute approximate surface area is 131 Å². The first-order chi connectivity index (χ1) is 11.1. The van der Waals surface area contributed by atoms with Gasteiger partial charge in [-0.15, -0.1) is 5.11 Å². The number of nitrogen functional groups attached to an aromatic ring is 1. The van der Waals surface area contributed by atoms with E-state index in [1.165, 1.54) is 14.2 Å². The van der Waals surface area contributed by atoms with E-state index in [1.807, 2.05) is 0 Å². The fourth-order valence-electron chi connectivity index (χ4n) is 1.89. The maximum atomic E-state index is 11.0. The van der Waals surface area contributed by atoms with Crippen molar-refractivity contribution in [1.29, 1.82) is 0 Å². The van der Waals surface area contributed by atoms with Gasteiger partial charge in [0.15, 0.2) is 11.5 Å². The van der Waals surface area contributed by atoms with Crippen LogP contribution >= 0.6 is 0 Å². The first-order valence-electron chi connectivity index (χ1n) is 6.40. The molecule has 1 aromatic carbocycles. The number of nitrogens with two attached hydrogens (primary N) is 1. The van der Waals surface area contributed by atoms with Gasteiger partial charge in [-0.3, -0.25) is 10.1 Å². The van der Waals surface area contributed by atoms with E-state index in [9.17, 15) is 10.1 Å². The molecule has 1 heterocycles. The van der Waals surface area contributed by atoms with Gasteiger partial charge in [0.2, 0.25) is 5.82 Å². The third-order valence-electron chi connectivity index (χ3n) is 2.90. The van der Waals surface area contributed by atoms with Crippen molar-refractivity contribution >= 4 is 17.3 Å². The largest absolute Gasteiger partial charge is 0.493 e. The van der Waals surface area contributed by atoms with Crippen molar-refractivity contribution in [1.82, 2.24) is 9.97 Å². The lowest BCUT2D eigenvalue weighted by Crippen LogP contribution is -1.99. The standard InChI is InChI=1S/C13H14N6O4/c1-22-9-5-3-4-8(11(9)23-2)6-17-18-13-10(19(20)21)12(14)15-7-16-13/h3-5,7H,6H2,1-2H3,(H2,14,15,16). The number of nitro groups is 1. The molecule has 0 aliphatic rings. The third-order valence-corrected chi connectivity index (χ3v) is 2.90. The molecule has 0 bridgehead atoms. The second-order valence-electron chi connectivity index (χ2n) is 4.24. The normalized spacial score (nSPS) is 10.7. The number of methoxy groups -OCH3 is 2. The Hall–Kier alpha value is -3.30. The molecule has 2 aromatic rings. The number of hydrogen-bond acceptors (Lipinski definition) is 9. The summed E-state index contributed by atoms with van der Waals surface area (Å²) >= 11 is 0. The molecule has 10 nitrogen and oxygen atoms in total. The number of hydrogen-bond donors (Lipinski definition) is 1. The van der Waals surface area contributed by atoms with E-state index in [0.29, 0.717) is 17.1 Å². The van der Waals surface area contributed by atoms with Gasteiger partial charge in [0.05, 0.1) is 25.7 Å². The van der Waals surface area contributed by atoms with E-state index in [1.54, 1.807) is 18.2 Å². The van der Waals surface area contributed by atoms with E-state index in [-0.39, 0.29) is 18.2 Å². The van der Waals surface area contributed by atoms with Crippen molar-refractivity contribution in [2.24, 2.45) is 10.2 Å². The van der Waals surface area contributed by atoms with Crippen molar-refractivity contribution in [3.8, 4) is 11.5 Å². The lowest BCUT2D eigenvalue weighted by molar-refractivity contribution is -0.383. The summed E-state index contributed by atoms with van der Waals surface area (Å²) in [6, 6.07) is 5.30. The van der Waals surface area contributed by atoms with E-state index in [0.717, 1.165) is 6.33 Å². The highest BCUT2D eigenvalue weighted by Gasteiger charge is 2.20. The number of benzene rings is 1. The van der Waals surface area contributed by atoms with Crippen LogP contribution in [-0.2, 0) is 6.54 Å². The molecule has 0 amide bonds. The van der Waals surface area contributed by atoms with Crippen LogP contribution in [0.5, 0.6) is 11.5 Å². The molecule has 0 unspecified atom stereocenters. The second-order valence-corrected chi connectivity index (χ2v) is 4.24. The highest BCUT2D eigenvalue weighted by atomic mass is 16.6. The molecular weight excluding hydrogens is 304 g/mol. The monoisotopic (exact) mass is 318 g/mol. The van der Waals surface area contributed by atoms with Gasteiger partial charge < -0.3 is 15.2 Å². The quantitative estimate of drug-likeness (QED) is 0.489. The third kappa shape index (κ3) is 3.48. The molecular formula is C13H14N6O4. The minimum atomic E-state index is -0.699. The molecule has 23 heavy (non-hydrogen) atoms. The smallest absolute Gasteiger partial charge is 0.357 e. The van der Waals surface area contributed by atoms with Crippen LogP contribution in [0.25, 0.3) is 0 Å². The lowest BCUT2D eigenvalue weighted by atomic mass is 10.2. The second kappa shape index (κ2) is 7.11. The molecule has 10 heteroatoms. The van der Waals surface area contributed by atoms with E-state index >= 15 is 0 Å². The first kappa shape index (κ1) is 16.1. The van der Waals surface area contributed by atoms with Crippen LogP contribution in [0, 0.1) is 10.1 Å². The summed E-state index contributed by atoms with van der Waals surface area (Å²) in [4.78, 5) is 17.6. The van der Waals surface area contributed by atoms with Gasteiger partial charge >= 0.3 is 5.69 Å². The van der Waals surface area contributed by atoms with Gasteiger partial charge in [-0.2, -0.15) is 5.11 Å². The van der Waals surface area contributed by atoms with Gasteiger partial charge in [-0.1, -0.05) is 12.1 Å². The van der Waals surface area contributed by atoms with Crippen LogP contribution in [0.2, 0.25) is 0 Å². The number of ether oxygens (including phenoxy) is 2. The zero-order valence-electron chi connectivity index (χ0n) is 12.5.